The molecule has 0 fully saturated rings. The Kier molecular flexibility index (Phi) is 9.25. The zero-order chi connectivity index (χ0) is 9.07. The van der Waals surface area contributed by atoms with E-state index in [0.29, 0.717) is 6.54 Å². The van der Waals surface area contributed by atoms with Gasteiger partial charge in [0.25, 0.3) is 0 Å². The van der Waals surface area contributed by atoms with Crippen LogP contribution in [-0.2, 0) is 0 Å². The molecule has 0 amide bonds. The molecule has 12 heavy (non-hydrogen) atoms. The second-order valence-corrected chi connectivity index (χ2v) is 2.80. The first-order valence-corrected chi connectivity index (χ1v) is 4.53. The molecule has 0 saturated carbocycles. The molecule has 3 heteroatoms. The van der Waals surface area contributed by atoms with Crippen LogP contribution >= 0.6 is 0 Å². The average molecular weight is 167 g/mol. The molecule has 0 heterocycles. The number of hydrogen-bond acceptors (Lipinski definition) is 1. The summed E-state index contributed by atoms with van der Waals surface area (Å²) < 4.78 is 0. The summed E-state index contributed by atoms with van der Waals surface area (Å²) in [5.41, 5.74) is 7.99. The Morgan fingerprint density at radius 1 is 1.17 bits per heavy atom. The SMILES string of the molecule is C=CCCCCCCCN=[N+]=[N-]. The predicted molar refractivity (Wildman–Crippen MR) is 51.9 cm³/mol. The minimum absolute atomic E-state index is 0.651. The van der Waals surface area contributed by atoms with E-state index in [9.17, 15) is 0 Å². The molecule has 0 radical (unpaired) electrons. The molecule has 0 atom stereocenters. The number of hydrogen-bond donors (Lipinski definition) is 0. The molecule has 0 unspecified atom stereocenters. The van der Waals surface area contributed by atoms with E-state index in [4.69, 9.17) is 5.53 Å². The maximum Gasteiger partial charge on any atom is 0.0257 e. The third-order valence-electron chi connectivity index (χ3n) is 1.73. The van der Waals surface area contributed by atoms with Gasteiger partial charge in [-0.15, -0.1) is 6.58 Å². The summed E-state index contributed by atoms with van der Waals surface area (Å²) in [4.78, 5) is 2.69. The van der Waals surface area contributed by atoms with E-state index >= 15 is 0 Å². The maximum absolute atomic E-state index is 7.99. The Balaban J connectivity index is 2.90. The van der Waals surface area contributed by atoms with Crippen molar-refractivity contribution in [3.05, 3.63) is 23.1 Å². The van der Waals surface area contributed by atoms with Crippen LogP contribution in [0.5, 0.6) is 0 Å². The number of unbranched alkanes of at least 4 members (excludes halogenated alkanes) is 5. The van der Waals surface area contributed by atoms with E-state index in [1.165, 1.54) is 25.7 Å². The van der Waals surface area contributed by atoms with Crippen LogP contribution < -0.4 is 0 Å². The first-order chi connectivity index (χ1) is 5.91. The highest BCUT2D eigenvalue weighted by atomic mass is 15.1. The highest BCUT2D eigenvalue weighted by Crippen LogP contribution is 2.05. The first kappa shape index (κ1) is 11.1. The zero-order valence-electron chi connectivity index (χ0n) is 7.58. The number of rotatable bonds is 8. The third-order valence-corrected chi connectivity index (χ3v) is 1.73. The van der Waals surface area contributed by atoms with Crippen molar-refractivity contribution in [3.63, 3.8) is 0 Å². The van der Waals surface area contributed by atoms with Crippen LogP contribution in [0, 0.1) is 0 Å². The molecule has 3 nitrogen and oxygen atoms in total. The van der Waals surface area contributed by atoms with Crippen molar-refractivity contribution in [2.75, 3.05) is 6.54 Å². The van der Waals surface area contributed by atoms with Crippen LogP contribution in [0.25, 0.3) is 10.4 Å². The summed E-state index contributed by atoms with van der Waals surface area (Å²) in [6.07, 6.45) is 9.03. The Labute approximate surface area is 74.1 Å². The Morgan fingerprint density at radius 2 is 1.83 bits per heavy atom. The molecule has 0 saturated heterocycles. The fourth-order valence-corrected chi connectivity index (χ4v) is 1.05. The lowest BCUT2D eigenvalue weighted by Crippen LogP contribution is -1.81. The van der Waals surface area contributed by atoms with E-state index in [1.807, 2.05) is 6.08 Å². The van der Waals surface area contributed by atoms with Gasteiger partial charge < -0.3 is 0 Å². The lowest BCUT2D eigenvalue weighted by molar-refractivity contribution is 0.622. The van der Waals surface area contributed by atoms with Crippen molar-refractivity contribution >= 4 is 0 Å². The predicted octanol–water partition coefficient (Wildman–Crippen LogP) is 3.82. The van der Waals surface area contributed by atoms with Crippen LogP contribution in [0.3, 0.4) is 0 Å². The summed E-state index contributed by atoms with van der Waals surface area (Å²) in [5, 5.41) is 3.47. The molecule has 0 aliphatic carbocycles. The molecular weight excluding hydrogens is 150 g/mol. The Bertz CT molecular complexity index is 148. The van der Waals surface area contributed by atoms with E-state index in [1.54, 1.807) is 0 Å². The van der Waals surface area contributed by atoms with Gasteiger partial charge in [-0.25, -0.2) is 0 Å². The van der Waals surface area contributed by atoms with Gasteiger partial charge in [0.1, 0.15) is 0 Å². The van der Waals surface area contributed by atoms with Gasteiger partial charge in [0.05, 0.1) is 0 Å². The Morgan fingerprint density at radius 3 is 2.50 bits per heavy atom. The van der Waals surface area contributed by atoms with E-state index in [0.717, 1.165) is 12.8 Å². The van der Waals surface area contributed by atoms with Crippen molar-refractivity contribution < 1.29 is 0 Å². The molecule has 0 bridgehead atoms. The molecule has 0 aromatic carbocycles. The minimum atomic E-state index is 0.651. The highest BCUT2D eigenvalue weighted by molar-refractivity contribution is 4.65. The number of allylic oxidation sites excluding steroid dienone is 1. The van der Waals surface area contributed by atoms with Gasteiger partial charge in [-0.05, 0) is 24.8 Å². The van der Waals surface area contributed by atoms with Gasteiger partial charge in [-0.3, -0.25) is 0 Å². The minimum Gasteiger partial charge on any atom is -0.103 e. The summed E-state index contributed by atoms with van der Waals surface area (Å²) in [6, 6.07) is 0. The second kappa shape index (κ2) is 10.0. The van der Waals surface area contributed by atoms with Crippen molar-refractivity contribution in [1.82, 2.24) is 0 Å². The topological polar surface area (TPSA) is 48.8 Å². The van der Waals surface area contributed by atoms with Crippen LogP contribution in [0.1, 0.15) is 38.5 Å². The quantitative estimate of drug-likeness (QED) is 0.173. The summed E-state index contributed by atoms with van der Waals surface area (Å²) >= 11 is 0. The molecule has 0 spiro atoms. The zero-order valence-corrected chi connectivity index (χ0v) is 7.58. The molecule has 0 aromatic heterocycles. The van der Waals surface area contributed by atoms with Crippen molar-refractivity contribution in [2.45, 2.75) is 38.5 Å². The monoisotopic (exact) mass is 167 g/mol. The van der Waals surface area contributed by atoms with Crippen molar-refractivity contribution in [1.29, 1.82) is 0 Å². The van der Waals surface area contributed by atoms with Gasteiger partial charge >= 0.3 is 0 Å². The maximum atomic E-state index is 7.99. The van der Waals surface area contributed by atoms with Crippen LogP contribution in [-0.4, -0.2) is 6.54 Å². The highest BCUT2D eigenvalue weighted by Gasteiger charge is 1.88. The molecule has 0 aromatic rings. The Hall–Kier alpha value is -0.950. The summed E-state index contributed by atoms with van der Waals surface area (Å²) in [5.74, 6) is 0. The largest absolute Gasteiger partial charge is 0.103 e. The van der Waals surface area contributed by atoms with Gasteiger partial charge in [-0.1, -0.05) is 30.5 Å². The molecule has 0 N–H and O–H groups in total. The van der Waals surface area contributed by atoms with Gasteiger partial charge in [0.15, 0.2) is 0 Å². The average Bonchev–Trinajstić information content (AvgIpc) is 2.10. The summed E-state index contributed by atoms with van der Waals surface area (Å²) in [7, 11) is 0. The van der Waals surface area contributed by atoms with Crippen molar-refractivity contribution in [2.24, 2.45) is 5.11 Å². The van der Waals surface area contributed by atoms with Gasteiger partial charge in [-0.2, -0.15) is 0 Å². The van der Waals surface area contributed by atoms with Gasteiger partial charge in [0.2, 0.25) is 0 Å². The molecule has 0 aliphatic rings. The fourth-order valence-electron chi connectivity index (χ4n) is 1.05. The van der Waals surface area contributed by atoms with Crippen molar-refractivity contribution in [3.8, 4) is 0 Å². The molecule has 0 rings (SSSR count). The number of azide groups is 1. The third kappa shape index (κ3) is 9.05. The summed E-state index contributed by atoms with van der Waals surface area (Å²) in [6.45, 7) is 4.31. The smallest absolute Gasteiger partial charge is 0.0257 e. The molecule has 68 valence electrons. The van der Waals surface area contributed by atoms with Crippen LogP contribution in [0.4, 0.5) is 0 Å². The van der Waals surface area contributed by atoms with E-state index in [2.05, 4.69) is 16.6 Å². The lowest BCUT2D eigenvalue weighted by Gasteiger charge is -1.96. The second-order valence-electron chi connectivity index (χ2n) is 2.80. The first-order valence-electron chi connectivity index (χ1n) is 4.53. The molecular formula is C9H17N3. The normalized spacial score (nSPS) is 9.00. The fraction of sp³-hybridized carbons (Fsp3) is 0.778. The van der Waals surface area contributed by atoms with Crippen LogP contribution in [0.2, 0.25) is 0 Å². The van der Waals surface area contributed by atoms with E-state index < -0.39 is 0 Å². The molecule has 0 aliphatic heterocycles. The lowest BCUT2D eigenvalue weighted by atomic mass is 10.1. The standard InChI is InChI=1S/C9H17N3/c1-2-3-4-5-6-7-8-9-11-12-10/h2H,1,3-9H2. The van der Waals surface area contributed by atoms with Crippen LogP contribution in [0.15, 0.2) is 17.8 Å². The van der Waals surface area contributed by atoms with Gasteiger partial charge in [0, 0.05) is 11.5 Å². The number of nitrogens with zero attached hydrogens (tertiary/aromatic N) is 3. The van der Waals surface area contributed by atoms with E-state index in [-0.39, 0.29) is 0 Å².